The number of amides is 4. The first kappa shape index (κ1) is 37.9. The van der Waals surface area contributed by atoms with Crippen LogP contribution in [0, 0.1) is 23.7 Å². The number of nitrogens with zero attached hydrogens (tertiary/aromatic N) is 4. The second-order valence-corrected chi connectivity index (χ2v) is 14.4. The van der Waals surface area contributed by atoms with Crippen molar-refractivity contribution in [1.29, 1.82) is 0 Å². The maximum atomic E-state index is 13.7. The number of H-pyrrole nitrogens is 2. The molecule has 0 spiro atoms. The first-order valence-corrected chi connectivity index (χ1v) is 18.4. The summed E-state index contributed by atoms with van der Waals surface area (Å²) in [5.74, 6) is 6.71. The average Bonchev–Trinajstić information content (AvgIpc) is 4.00. The van der Waals surface area contributed by atoms with Crippen LogP contribution < -0.4 is 10.6 Å². The van der Waals surface area contributed by atoms with Crippen LogP contribution in [-0.4, -0.2) is 93.1 Å². The SMILES string of the molecule is COC(=O)N[C@H](C(=O)N1CCC[C@H]1c1nc2ccc(C#Cc3cccc(-c4[nH]cnc4[C@@H]4CCCN4C(=O)[C@@H](NC(=O)OC)C(C)C)c3)cc2[nH]1)C(C)C. The lowest BCUT2D eigenvalue weighted by Gasteiger charge is -2.30. The smallest absolute Gasteiger partial charge is 0.407 e. The molecule has 6 rings (SSSR count). The van der Waals surface area contributed by atoms with Gasteiger partial charge in [-0.25, -0.2) is 19.6 Å². The molecule has 0 radical (unpaired) electrons. The van der Waals surface area contributed by atoms with Gasteiger partial charge in [0.2, 0.25) is 11.8 Å². The molecule has 2 saturated heterocycles. The number of rotatable bonds is 9. The van der Waals surface area contributed by atoms with E-state index in [1.807, 2.05) is 75.1 Å². The summed E-state index contributed by atoms with van der Waals surface area (Å²) >= 11 is 0. The molecule has 2 aromatic heterocycles. The van der Waals surface area contributed by atoms with E-state index in [-0.39, 0.29) is 35.7 Å². The third-order valence-corrected chi connectivity index (χ3v) is 10.2. The normalized spacial score (nSPS) is 18.0. The Morgan fingerprint density at radius 2 is 1.41 bits per heavy atom. The van der Waals surface area contributed by atoms with Crippen LogP contribution in [-0.2, 0) is 19.1 Å². The van der Waals surface area contributed by atoms with E-state index in [2.05, 4.69) is 37.4 Å². The molecule has 4 N–H and O–H groups in total. The summed E-state index contributed by atoms with van der Waals surface area (Å²) in [4.78, 5) is 71.1. The largest absolute Gasteiger partial charge is 0.453 e. The highest BCUT2D eigenvalue weighted by atomic mass is 16.5. The van der Waals surface area contributed by atoms with Gasteiger partial charge < -0.3 is 39.9 Å². The zero-order valence-electron chi connectivity index (χ0n) is 31.6. The predicted molar refractivity (Wildman–Crippen MR) is 202 cm³/mol. The minimum absolute atomic E-state index is 0.119. The fourth-order valence-electron chi connectivity index (χ4n) is 7.34. The molecule has 0 saturated carbocycles. The number of benzene rings is 2. The summed E-state index contributed by atoms with van der Waals surface area (Å²) in [6.07, 6.45) is 3.54. The Bertz CT molecular complexity index is 2080. The van der Waals surface area contributed by atoms with Crippen molar-refractivity contribution < 1.29 is 28.7 Å². The van der Waals surface area contributed by atoms with Crippen molar-refractivity contribution in [2.24, 2.45) is 11.8 Å². The third kappa shape index (κ3) is 8.05. The molecule has 4 aromatic rings. The van der Waals surface area contributed by atoms with Gasteiger partial charge in [0.15, 0.2) is 0 Å². The van der Waals surface area contributed by atoms with Crippen LogP contribution in [0.2, 0.25) is 0 Å². The van der Waals surface area contributed by atoms with Crippen LogP contribution in [0.15, 0.2) is 48.8 Å². The predicted octanol–water partition coefficient (Wildman–Crippen LogP) is 5.44. The third-order valence-electron chi connectivity index (χ3n) is 10.2. The van der Waals surface area contributed by atoms with Gasteiger partial charge in [-0.1, -0.05) is 51.7 Å². The molecule has 0 unspecified atom stereocenters. The summed E-state index contributed by atoms with van der Waals surface area (Å²) in [5.41, 5.74) is 5.68. The van der Waals surface area contributed by atoms with E-state index in [0.717, 1.165) is 64.8 Å². The summed E-state index contributed by atoms with van der Waals surface area (Å²) in [6.45, 7) is 8.72. The van der Waals surface area contributed by atoms with Gasteiger partial charge in [-0.15, -0.1) is 0 Å². The highest BCUT2D eigenvalue weighted by Crippen LogP contribution is 2.37. The van der Waals surface area contributed by atoms with Crippen LogP contribution in [0.3, 0.4) is 0 Å². The highest BCUT2D eigenvalue weighted by molar-refractivity contribution is 5.87. The molecule has 4 heterocycles. The van der Waals surface area contributed by atoms with Gasteiger partial charge >= 0.3 is 12.2 Å². The number of carbonyl (C=O) groups excluding carboxylic acids is 4. The Hall–Kier alpha value is -5.84. The number of aromatic nitrogens is 4. The van der Waals surface area contributed by atoms with Crippen LogP contribution in [0.25, 0.3) is 22.3 Å². The first-order valence-electron chi connectivity index (χ1n) is 18.4. The average molecular weight is 737 g/mol. The lowest BCUT2D eigenvalue weighted by atomic mass is 10.00. The van der Waals surface area contributed by atoms with Crippen molar-refractivity contribution in [2.45, 2.75) is 77.5 Å². The number of likely N-dealkylation sites (tertiary alicyclic amines) is 2. The Kier molecular flexibility index (Phi) is 11.5. The fraction of sp³-hybridized carbons (Fsp3) is 0.450. The van der Waals surface area contributed by atoms with Crippen molar-refractivity contribution in [1.82, 2.24) is 40.4 Å². The highest BCUT2D eigenvalue weighted by Gasteiger charge is 2.39. The number of nitrogens with one attached hydrogen (secondary N) is 4. The number of imidazole rings is 2. The number of alkyl carbamates (subject to hydrolysis) is 2. The Morgan fingerprint density at radius 3 is 2.02 bits per heavy atom. The number of hydrogen-bond acceptors (Lipinski definition) is 8. The van der Waals surface area contributed by atoms with Gasteiger partial charge in [-0.05, 0) is 67.9 Å². The van der Waals surface area contributed by atoms with Crippen LogP contribution in [0.1, 0.15) is 88.1 Å². The van der Waals surface area contributed by atoms with E-state index in [9.17, 15) is 19.2 Å². The summed E-state index contributed by atoms with van der Waals surface area (Å²) in [6, 6.07) is 11.8. The number of hydrogen-bond donors (Lipinski definition) is 4. The molecule has 0 bridgehead atoms. The number of fused-ring (bicyclic) bond motifs is 1. The molecule has 4 amide bonds. The van der Waals surface area contributed by atoms with Crippen molar-refractivity contribution in [3.05, 3.63) is 71.4 Å². The fourth-order valence-corrected chi connectivity index (χ4v) is 7.34. The van der Waals surface area contributed by atoms with Crippen LogP contribution in [0.5, 0.6) is 0 Å². The minimum Gasteiger partial charge on any atom is -0.453 e. The van der Waals surface area contributed by atoms with E-state index >= 15 is 0 Å². The Balaban J connectivity index is 1.19. The topological polar surface area (TPSA) is 175 Å². The molecule has 14 heteroatoms. The van der Waals surface area contributed by atoms with E-state index in [1.165, 1.54) is 14.2 Å². The van der Waals surface area contributed by atoms with Gasteiger partial charge in [-0.2, -0.15) is 0 Å². The first-order chi connectivity index (χ1) is 26.0. The van der Waals surface area contributed by atoms with Gasteiger partial charge in [0.05, 0.1) is 55.1 Å². The van der Waals surface area contributed by atoms with Crippen molar-refractivity contribution in [3.8, 4) is 23.1 Å². The van der Waals surface area contributed by atoms with Gasteiger partial charge in [0.25, 0.3) is 0 Å². The standard InChI is InChI=1S/C40H48N8O6/c1-23(2)32(45-39(51)53-5)37(49)47-18-8-12-30(47)35-34(41-22-42-35)27-11-7-10-25(20-27)14-15-26-16-17-28-29(21-26)44-36(43-28)31-13-9-19-48(31)38(50)33(24(3)4)46-40(52)54-6/h7,10-11,16-17,20-24,30-33H,8-9,12-13,18-19H2,1-6H3,(H,41,42)(H,43,44)(H,45,51)(H,46,52)/t30-,31-,32-,33-/m0/s1. The van der Waals surface area contributed by atoms with Crippen LogP contribution in [0.4, 0.5) is 9.59 Å². The summed E-state index contributed by atoms with van der Waals surface area (Å²) in [5, 5.41) is 5.39. The molecule has 2 aromatic carbocycles. The molecule has 14 nitrogen and oxygen atoms in total. The molecule has 0 aliphatic carbocycles. The van der Waals surface area contributed by atoms with Crippen molar-refractivity contribution in [3.63, 3.8) is 0 Å². The van der Waals surface area contributed by atoms with Gasteiger partial charge in [0, 0.05) is 29.8 Å². The van der Waals surface area contributed by atoms with E-state index in [0.29, 0.717) is 18.9 Å². The molecule has 2 aliphatic rings. The quantitative estimate of drug-likeness (QED) is 0.164. The monoisotopic (exact) mass is 736 g/mol. The molecule has 4 atom stereocenters. The Labute approximate surface area is 314 Å². The molecule has 54 heavy (non-hydrogen) atoms. The number of methoxy groups -OCH3 is 2. The second kappa shape index (κ2) is 16.4. The maximum Gasteiger partial charge on any atom is 0.407 e. The lowest BCUT2D eigenvalue weighted by Crippen LogP contribution is -2.51. The van der Waals surface area contributed by atoms with Gasteiger partial charge in [-0.3, -0.25) is 9.59 Å². The number of ether oxygens (including phenoxy) is 2. The molecule has 2 fully saturated rings. The number of aromatic amines is 2. The van der Waals surface area contributed by atoms with E-state index < -0.39 is 24.3 Å². The lowest BCUT2D eigenvalue weighted by molar-refractivity contribution is -0.136. The van der Waals surface area contributed by atoms with Crippen LogP contribution >= 0.6 is 0 Å². The maximum absolute atomic E-state index is 13.7. The Morgan fingerprint density at radius 1 is 0.815 bits per heavy atom. The van der Waals surface area contributed by atoms with E-state index in [1.54, 1.807) is 11.2 Å². The number of carbonyl (C=O) groups is 4. The summed E-state index contributed by atoms with van der Waals surface area (Å²) in [7, 11) is 2.57. The van der Waals surface area contributed by atoms with E-state index in [4.69, 9.17) is 14.5 Å². The molecular formula is C40H48N8O6. The van der Waals surface area contributed by atoms with Crippen molar-refractivity contribution in [2.75, 3.05) is 27.3 Å². The van der Waals surface area contributed by atoms with Gasteiger partial charge in [0.1, 0.15) is 17.9 Å². The van der Waals surface area contributed by atoms with Crippen molar-refractivity contribution >= 4 is 35.0 Å². The molecular weight excluding hydrogens is 688 g/mol. The minimum atomic E-state index is -0.715. The molecule has 2 aliphatic heterocycles. The summed E-state index contributed by atoms with van der Waals surface area (Å²) < 4.78 is 9.53. The zero-order chi connectivity index (χ0) is 38.5. The zero-order valence-corrected chi connectivity index (χ0v) is 31.6. The second-order valence-electron chi connectivity index (χ2n) is 14.4. The molecule has 284 valence electrons.